The van der Waals surface area contributed by atoms with Crippen molar-refractivity contribution in [3.63, 3.8) is 0 Å². The number of aromatic nitrogens is 1. The fourth-order valence-electron chi connectivity index (χ4n) is 3.94. The maximum Gasteiger partial charge on any atom is 0.237 e. The van der Waals surface area contributed by atoms with E-state index in [9.17, 15) is 4.79 Å². The Bertz CT molecular complexity index is 914. The smallest absolute Gasteiger partial charge is 0.237 e. The summed E-state index contributed by atoms with van der Waals surface area (Å²) in [6.45, 7) is 4.50. The first-order chi connectivity index (χ1) is 12.7. The highest BCUT2D eigenvalue weighted by molar-refractivity contribution is 5.85. The number of hydrogen-bond donors (Lipinski definition) is 2. The van der Waals surface area contributed by atoms with E-state index in [4.69, 9.17) is 0 Å². The number of hydrogen-bond acceptors (Lipinski definition) is 2. The summed E-state index contributed by atoms with van der Waals surface area (Å²) in [5.74, 6) is 0.139. The monoisotopic (exact) mass is 347 g/mol. The second kappa shape index (κ2) is 7.34. The molecular weight excluding hydrogens is 322 g/mol. The molecule has 0 spiro atoms. The van der Waals surface area contributed by atoms with Gasteiger partial charge in [-0.2, -0.15) is 0 Å². The standard InChI is InChI=1S/C22H25N3O/c1-16-6-4-7-17(12-16)15-25-11-5-10-21(25)22(26)24-14-18-13-23-20-9-3-2-8-19(18)20/h2-4,6-9,12-13,21,23H,5,10-11,14-15H2,1H3,(H,24,26). The lowest BCUT2D eigenvalue weighted by Crippen LogP contribution is -2.42. The number of carbonyl (C=O) groups is 1. The van der Waals surface area contributed by atoms with E-state index in [-0.39, 0.29) is 11.9 Å². The number of nitrogens with one attached hydrogen (secondary N) is 2. The van der Waals surface area contributed by atoms with Gasteiger partial charge in [-0.15, -0.1) is 0 Å². The molecule has 2 heterocycles. The molecule has 1 fully saturated rings. The van der Waals surface area contributed by atoms with Gasteiger partial charge in [0.05, 0.1) is 6.04 Å². The van der Waals surface area contributed by atoms with Crippen molar-refractivity contribution >= 4 is 16.8 Å². The van der Waals surface area contributed by atoms with E-state index in [1.807, 2.05) is 18.3 Å². The highest BCUT2D eigenvalue weighted by Crippen LogP contribution is 2.22. The van der Waals surface area contributed by atoms with Crippen LogP contribution >= 0.6 is 0 Å². The second-order valence-corrected chi connectivity index (χ2v) is 7.19. The Morgan fingerprint density at radius 1 is 1.23 bits per heavy atom. The summed E-state index contributed by atoms with van der Waals surface area (Å²) in [5.41, 5.74) is 4.79. The highest BCUT2D eigenvalue weighted by atomic mass is 16.2. The zero-order chi connectivity index (χ0) is 17.9. The van der Waals surface area contributed by atoms with Gasteiger partial charge < -0.3 is 10.3 Å². The van der Waals surface area contributed by atoms with Crippen molar-refractivity contribution in [2.24, 2.45) is 0 Å². The molecule has 0 bridgehead atoms. The van der Waals surface area contributed by atoms with Crippen LogP contribution in [0.2, 0.25) is 0 Å². The molecular formula is C22H25N3O. The van der Waals surface area contributed by atoms with Gasteiger partial charge in [0, 0.05) is 30.2 Å². The zero-order valence-corrected chi connectivity index (χ0v) is 15.2. The van der Waals surface area contributed by atoms with Crippen LogP contribution in [-0.2, 0) is 17.9 Å². The van der Waals surface area contributed by atoms with Crippen LogP contribution in [0.5, 0.6) is 0 Å². The van der Waals surface area contributed by atoms with Crippen LogP contribution in [0, 0.1) is 6.92 Å². The Hall–Kier alpha value is -2.59. The number of rotatable bonds is 5. The maximum absolute atomic E-state index is 12.8. The minimum absolute atomic E-state index is 0.0271. The van der Waals surface area contributed by atoms with Crippen molar-refractivity contribution in [3.05, 3.63) is 71.4 Å². The van der Waals surface area contributed by atoms with E-state index < -0.39 is 0 Å². The van der Waals surface area contributed by atoms with Gasteiger partial charge in [0.1, 0.15) is 0 Å². The third-order valence-corrected chi connectivity index (χ3v) is 5.26. The maximum atomic E-state index is 12.8. The lowest BCUT2D eigenvalue weighted by atomic mass is 10.1. The zero-order valence-electron chi connectivity index (χ0n) is 15.2. The van der Waals surface area contributed by atoms with Gasteiger partial charge in [0.15, 0.2) is 0 Å². The van der Waals surface area contributed by atoms with Gasteiger partial charge in [0.25, 0.3) is 0 Å². The molecule has 1 aromatic heterocycles. The van der Waals surface area contributed by atoms with Gasteiger partial charge in [0.2, 0.25) is 5.91 Å². The molecule has 4 rings (SSSR count). The highest BCUT2D eigenvalue weighted by Gasteiger charge is 2.30. The molecule has 3 aromatic rings. The third-order valence-electron chi connectivity index (χ3n) is 5.26. The van der Waals surface area contributed by atoms with Crippen LogP contribution in [0.3, 0.4) is 0 Å². The van der Waals surface area contributed by atoms with Crippen LogP contribution in [-0.4, -0.2) is 28.4 Å². The quantitative estimate of drug-likeness (QED) is 0.738. The van der Waals surface area contributed by atoms with E-state index >= 15 is 0 Å². The van der Waals surface area contributed by atoms with E-state index in [0.717, 1.165) is 37.0 Å². The van der Waals surface area contributed by atoms with Gasteiger partial charge in [-0.25, -0.2) is 0 Å². The van der Waals surface area contributed by atoms with Crippen LogP contribution in [0.15, 0.2) is 54.7 Å². The average Bonchev–Trinajstić information content (AvgIpc) is 3.27. The minimum atomic E-state index is -0.0271. The SMILES string of the molecule is Cc1cccc(CN2CCCC2C(=O)NCc2c[nH]c3ccccc23)c1. The molecule has 1 atom stereocenters. The molecule has 0 aliphatic carbocycles. The van der Waals surface area contributed by atoms with Gasteiger partial charge in [-0.05, 0) is 43.5 Å². The predicted molar refractivity (Wildman–Crippen MR) is 105 cm³/mol. The predicted octanol–water partition coefficient (Wildman–Crippen LogP) is 3.76. The first kappa shape index (κ1) is 16.9. The summed E-state index contributed by atoms with van der Waals surface area (Å²) in [7, 11) is 0. The van der Waals surface area contributed by atoms with Crippen molar-refractivity contribution in [2.45, 2.75) is 38.9 Å². The van der Waals surface area contributed by atoms with Crippen molar-refractivity contribution in [1.29, 1.82) is 0 Å². The lowest BCUT2D eigenvalue weighted by molar-refractivity contribution is -0.125. The number of H-pyrrole nitrogens is 1. The number of likely N-dealkylation sites (tertiary alicyclic amines) is 1. The Morgan fingerprint density at radius 2 is 2.12 bits per heavy atom. The van der Waals surface area contributed by atoms with Crippen LogP contribution < -0.4 is 5.32 Å². The Morgan fingerprint density at radius 3 is 3.00 bits per heavy atom. The summed E-state index contributed by atoms with van der Waals surface area (Å²) in [6, 6.07) is 16.7. The second-order valence-electron chi connectivity index (χ2n) is 7.19. The number of aryl methyl sites for hydroxylation is 1. The van der Waals surface area contributed by atoms with E-state index in [1.165, 1.54) is 16.5 Å². The van der Waals surface area contributed by atoms with Gasteiger partial charge in [-0.1, -0.05) is 48.0 Å². The third kappa shape index (κ3) is 3.51. The number of para-hydroxylation sites is 1. The molecule has 1 saturated heterocycles. The van der Waals surface area contributed by atoms with E-state index in [2.05, 4.69) is 58.5 Å². The Balaban J connectivity index is 1.40. The molecule has 0 saturated carbocycles. The van der Waals surface area contributed by atoms with Crippen LogP contribution in [0.25, 0.3) is 10.9 Å². The van der Waals surface area contributed by atoms with Crippen molar-refractivity contribution in [1.82, 2.24) is 15.2 Å². The summed E-state index contributed by atoms with van der Waals surface area (Å²) >= 11 is 0. The molecule has 1 unspecified atom stereocenters. The molecule has 1 amide bonds. The first-order valence-electron chi connectivity index (χ1n) is 9.33. The summed E-state index contributed by atoms with van der Waals surface area (Å²) in [5, 5.41) is 4.32. The first-order valence-corrected chi connectivity index (χ1v) is 9.33. The molecule has 1 aliphatic heterocycles. The normalized spacial score (nSPS) is 17.7. The number of aromatic amines is 1. The molecule has 134 valence electrons. The number of amides is 1. The minimum Gasteiger partial charge on any atom is -0.361 e. The molecule has 26 heavy (non-hydrogen) atoms. The topological polar surface area (TPSA) is 48.1 Å². The number of fused-ring (bicyclic) bond motifs is 1. The number of carbonyl (C=O) groups excluding carboxylic acids is 1. The molecule has 0 radical (unpaired) electrons. The van der Waals surface area contributed by atoms with Gasteiger partial charge in [-0.3, -0.25) is 9.69 Å². The molecule has 4 heteroatoms. The van der Waals surface area contributed by atoms with E-state index in [1.54, 1.807) is 0 Å². The molecule has 4 nitrogen and oxygen atoms in total. The van der Waals surface area contributed by atoms with Crippen LogP contribution in [0.4, 0.5) is 0 Å². The number of benzene rings is 2. The van der Waals surface area contributed by atoms with E-state index in [0.29, 0.717) is 6.54 Å². The summed E-state index contributed by atoms with van der Waals surface area (Å²) in [6.07, 6.45) is 4.01. The summed E-state index contributed by atoms with van der Waals surface area (Å²) in [4.78, 5) is 18.4. The van der Waals surface area contributed by atoms with Crippen molar-refractivity contribution in [3.8, 4) is 0 Å². The fourth-order valence-corrected chi connectivity index (χ4v) is 3.94. The summed E-state index contributed by atoms with van der Waals surface area (Å²) < 4.78 is 0. The van der Waals surface area contributed by atoms with Crippen molar-refractivity contribution < 1.29 is 4.79 Å². The Labute approximate surface area is 154 Å². The largest absolute Gasteiger partial charge is 0.361 e. The molecule has 2 aromatic carbocycles. The fraction of sp³-hybridized carbons (Fsp3) is 0.318. The average molecular weight is 347 g/mol. The van der Waals surface area contributed by atoms with Crippen LogP contribution in [0.1, 0.15) is 29.5 Å². The van der Waals surface area contributed by atoms with Crippen molar-refractivity contribution in [2.75, 3.05) is 6.54 Å². The van der Waals surface area contributed by atoms with Gasteiger partial charge >= 0.3 is 0 Å². The lowest BCUT2D eigenvalue weighted by Gasteiger charge is -2.24. The molecule has 1 aliphatic rings. The Kier molecular flexibility index (Phi) is 4.76. The number of nitrogens with zero attached hydrogens (tertiary/aromatic N) is 1. The molecule has 2 N–H and O–H groups in total.